The maximum Gasteiger partial charge on any atom is 0.279 e. The van der Waals surface area contributed by atoms with Crippen molar-refractivity contribution in [2.45, 2.75) is 13.5 Å². The third kappa shape index (κ3) is 2.28. The number of rotatable bonds is 3. The molecule has 0 saturated carbocycles. The molecule has 4 heteroatoms. The lowest BCUT2D eigenvalue weighted by atomic mass is 10.2. The molecule has 0 bridgehead atoms. The maximum absolute atomic E-state index is 12.4. The molecule has 0 aliphatic heterocycles. The van der Waals surface area contributed by atoms with Crippen LogP contribution < -0.4 is 11.0 Å². The first kappa shape index (κ1) is 12.4. The van der Waals surface area contributed by atoms with Gasteiger partial charge in [-0.05, 0) is 24.6 Å². The third-order valence-corrected chi connectivity index (χ3v) is 3.23. The minimum atomic E-state index is -0.0657. The van der Waals surface area contributed by atoms with Crippen LogP contribution in [0.3, 0.4) is 0 Å². The van der Waals surface area contributed by atoms with Crippen molar-refractivity contribution >= 4 is 10.9 Å². The van der Waals surface area contributed by atoms with Gasteiger partial charge in [0.25, 0.3) is 5.56 Å². The fourth-order valence-electron chi connectivity index (χ4n) is 2.20. The van der Waals surface area contributed by atoms with E-state index < -0.39 is 0 Å². The zero-order chi connectivity index (χ0) is 13.9. The summed E-state index contributed by atoms with van der Waals surface area (Å²) in [4.78, 5) is 16.9. The van der Waals surface area contributed by atoms with Crippen LogP contribution in [0.2, 0.25) is 0 Å². The number of aromatic nitrogens is 2. The summed E-state index contributed by atoms with van der Waals surface area (Å²) in [5, 5.41) is 0.624. The number of nitrogens with zero attached hydrogens (tertiary/aromatic N) is 2. The van der Waals surface area contributed by atoms with Gasteiger partial charge in [-0.25, -0.2) is 9.66 Å². The lowest BCUT2D eigenvalue weighted by Gasteiger charge is -2.13. The molecule has 0 amide bonds. The Kier molecular flexibility index (Phi) is 3.21. The van der Waals surface area contributed by atoms with Crippen molar-refractivity contribution in [1.82, 2.24) is 9.66 Å². The topological polar surface area (TPSA) is 46.9 Å². The summed E-state index contributed by atoms with van der Waals surface area (Å²) in [6.45, 7) is 2.41. The second kappa shape index (κ2) is 5.17. The lowest BCUT2D eigenvalue weighted by Crippen LogP contribution is -2.31. The predicted octanol–water partition coefficient (Wildman–Crippen LogP) is 2.45. The summed E-state index contributed by atoms with van der Waals surface area (Å²) in [5.41, 5.74) is 4.91. The van der Waals surface area contributed by atoms with Crippen LogP contribution >= 0.6 is 0 Å². The van der Waals surface area contributed by atoms with Crippen LogP contribution in [0, 0.1) is 6.92 Å². The molecule has 100 valence electrons. The van der Waals surface area contributed by atoms with Gasteiger partial charge in [0.05, 0.1) is 17.4 Å². The van der Waals surface area contributed by atoms with Gasteiger partial charge in [-0.3, -0.25) is 4.79 Å². The van der Waals surface area contributed by atoms with Crippen LogP contribution in [0.25, 0.3) is 10.9 Å². The highest BCUT2D eigenvalue weighted by Crippen LogP contribution is 2.07. The molecule has 1 heterocycles. The van der Waals surface area contributed by atoms with Crippen LogP contribution in [0.1, 0.15) is 11.4 Å². The first-order chi connectivity index (χ1) is 9.75. The van der Waals surface area contributed by atoms with E-state index in [2.05, 4.69) is 10.4 Å². The molecule has 0 aliphatic rings. The minimum absolute atomic E-state index is 0.0657. The van der Waals surface area contributed by atoms with Crippen LogP contribution in [0.15, 0.2) is 59.4 Å². The standard InChI is InChI=1S/C16H15N3O/c1-12-18-15-10-6-5-9-14(15)16(20)19(12)17-11-13-7-3-2-4-8-13/h2-10,17H,11H2,1H3. The number of hydrogen-bond donors (Lipinski definition) is 1. The van der Waals surface area contributed by atoms with Gasteiger partial charge in [-0.1, -0.05) is 42.5 Å². The van der Waals surface area contributed by atoms with Gasteiger partial charge in [-0.2, -0.15) is 0 Å². The Morgan fingerprint density at radius 2 is 1.75 bits per heavy atom. The molecule has 1 N–H and O–H groups in total. The lowest BCUT2D eigenvalue weighted by molar-refractivity contribution is 0.754. The number of hydrogen-bond acceptors (Lipinski definition) is 3. The van der Waals surface area contributed by atoms with Gasteiger partial charge in [0, 0.05) is 0 Å². The minimum Gasteiger partial charge on any atom is -0.317 e. The van der Waals surface area contributed by atoms with Crippen LogP contribution in [0.4, 0.5) is 0 Å². The summed E-state index contributed by atoms with van der Waals surface area (Å²) in [7, 11) is 0. The van der Waals surface area contributed by atoms with Crippen molar-refractivity contribution in [3.8, 4) is 0 Å². The van der Waals surface area contributed by atoms with Crippen molar-refractivity contribution in [2.75, 3.05) is 5.43 Å². The summed E-state index contributed by atoms with van der Waals surface area (Å²) in [6.07, 6.45) is 0. The van der Waals surface area contributed by atoms with Crippen LogP contribution in [-0.2, 0) is 6.54 Å². The molecule has 0 unspecified atom stereocenters. The fourth-order valence-corrected chi connectivity index (χ4v) is 2.20. The third-order valence-electron chi connectivity index (χ3n) is 3.23. The average molecular weight is 265 g/mol. The quantitative estimate of drug-likeness (QED) is 0.791. The SMILES string of the molecule is Cc1nc2ccccc2c(=O)n1NCc1ccccc1. The second-order valence-corrected chi connectivity index (χ2v) is 4.64. The highest BCUT2D eigenvalue weighted by atomic mass is 16.1. The largest absolute Gasteiger partial charge is 0.317 e. The molecule has 4 nitrogen and oxygen atoms in total. The van der Waals surface area contributed by atoms with Gasteiger partial charge in [0.2, 0.25) is 0 Å². The van der Waals surface area contributed by atoms with E-state index in [0.717, 1.165) is 11.1 Å². The molecule has 2 aromatic carbocycles. The van der Waals surface area contributed by atoms with Gasteiger partial charge < -0.3 is 5.43 Å². The van der Waals surface area contributed by atoms with E-state index in [9.17, 15) is 4.79 Å². The van der Waals surface area contributed by atoms with E-state index in [-0.39, 0.29) is 5.56 Å². The Morgan fingerprint density at radius 3 is 2.55 bits per heavy atom. The fraction of sp³-hybridized carbons (Fsp3) is 0.125. The molecule has 0 saturated heterocycles. The molecule has 3 rings (SSSR count). The van der Waals surface area contributed by atoms with Crippen molar-refractivity contribution in [1.29, 1.82) is 0 Å². The number of aryl methyl sites for hydroxylation is 1. The monoisotopic (exact) mass is 265 g/mol. The summed E-state index contributed by atoms with van der Waals surface area (Å²) in [5.74, 6) is 0.657. The van der Waals surface area contributed by atoms with Gasteiger partial charge in [0.1, 0.15) is 5.82 Å². The highest BCUT2D eigenvalue weighted by molar-refractivity contribution is 5.77. The van der Waals surface area contributed by atoms with Gasteiger partial charge in [0.15, 0.2) is 0 Å². The number of fused-ring (bicyclic) bond motifs is 1. The summed E-state index contributed by atoms with van der Waals surface area (Å²) < 4.78 is 1.51. The number of para-hydroxylation sites is 1. The molecule has 1 aromatic heterocycles. The molecule has 3 aromatic rings. The molecule has 0 radical (unpaired) electrons. The first-order valence-corrected chi connectivity index (χ1v) is 6.52. The Hall–Kier alpha value is -2.62. The van der Waals surface area contributed by atoms with Crippen molar-refractivity contribution in [3.05, 3.63) is 76.3 Å². The first-order valence-electron chi connectivity index (χ1n) is 6.52. The van der Waals surface area contributed by atoms with Gasteiger partial charge in [-0.15, -0.1) is 0 Å². The molecule has 0 aliphatic carbocycles. The Labute approximate surface area is 116 Å². The van der Waals surface area contributed by atoms with E-state index in [4.69, 9.17) is 0 Å². The Balaban J connectivity index is 1.97. The maximum atomic E-state index is 12.4. The van der Waals surface area contributed by atoms with E-state index in [1.807, 2.05) is 55.5 Å². The van der Waals surface area contributed by atoms with E-state index in [0.29, 0.717) is 17.8 Å². The van der Waals surface area contributed by atoms with Crippen molar-refractivity contribution in [2.24, 2.45) is 0 Å². The number of benzene rings is 2. The molecular weight excluding hydrogens is 250 g/mol. The van der Waals surface area contributed by atoms with E-state index >= 15 is 0 Å². The molecular formula is C16H15N3O. The molecule has 0 spiro atoms. The van der Waals surface area contributed by atoms with Crippen LogP contribution in [0.5, 0.6) is 0 Å². The molecule has 0 fully saturated rings. The smallest absolute Gasteiger partial charge is 0.279 e. The summed E-state index contributed by atoms with van der Waals surface area (Å²) >= 11 is 0. The second-order valence-electron chi connectivity index (χ2n) is 4.64. The summed E-state index contributed by atoms with van der Waals surface area (Å²) in [6, 6.07) is 17.3. The van der Waals surface area contributed by atoms with E-state index in [1.165, 1.54) is 4.68 Å². The average Bonchev–Trinajstić information content (AvgIpc) is 2.48. The van der Waals surface area contributed by atoms with E-state index in [1.54, 1.807) is 6.07 Å². The number of nitrogens with one attached hydrogen (secondary N) is 1. The molecule has 0 atom stereocenters. The zero-order valence-corrected chi connectivity index (χ0v) is 11.2. The normalized spacial score (nSPS) is 10.7. The van der Waals surface area contributed by atoms with Gasteiger partial charge >= 0.3 is 0 Å². The Morgan fingerprint density at radius 1 is 1.05 bits per heavy atom. The predicted molar refractivity (Wildman–Crippen MR) is 80.2 cm³/mol. The van der Waals surface area contributed by atoms with Crippen molar-refractivity contribution in [3.63, 3.8) is 0 Å². The van der Waals surface area contributed by atoms with Crippen LogP contribution in [-0.4, -0.2) is 9.66 Å². The van der Waals surface area contributed by atoms with Crippen molar-refractivity contribution < 1.29 is 0 Å². The zero-order valence-electron chi connectivity index (χ0n) is 11.2. The molecule has 20 heavy (non-hydrogen) atoms. The highest BCUT2D eigenvalue weighted by Gasteiger charge is 2.06. The Bertz CT molecular complexity index is 794.